The molecule has 1 amide bonds. The molecule has 2 saturated heterocycles. The summed E-state index contributed by atoms with van der Waals surface area (Å²) in [5.74, 6) is 0.875. The van der Waals surface area contributed by atoms with Crippen molar-refractivity contribution in [3.05, 3.63) is 11.6 Å². The van der Waals surface area contributed by atoms with Gasteiger partial charge in [0.1, 0.15) is 0 Å². The van der Waals surface area contributed by atoms with Gasteiger partial charge in [0.15, 0.2) is 0 Å². The second kappa shape index (κ2) is 4.35. The van der Waals surface area contributed by atoms with E-state index in [0.29, 0.717) is 12.0 Å². The van der Waals surface area contributed by atoms with Crippen LogP contribution in [0.1, 0.15) is 26.7 Å². The largest absolute Gasteiger partial charge is 0.337 e. The van der Waals surface area contributed by atoms with Crippen molar-refractivity contribution in [2.24, 2.45) is 5.92 Å². The number of likely N-dealkylation sites (tertiary alicyclic amines) is 1. The number of carbonyl (C=O) groups is 1. The first kappa shape index (κ1) is 10.7. The van der Waals surface area contributed by atoms with Crippen molar-refractivity contribution in [1.29, 1.82) is 0 Å². The molecule has 2 aliphatic heterocycles. The molecule has 2 heterocycles. The normalized spacial score (nSPS) is 29.9. The van der Waals surface area contributed by atoms with Gasteiger partial charge in [0.05, 0.1) is 0 Å². The zero-order chi connectivity index (χ0) is 10.8. The van der Waals surface area contributed by atoms with E-state index in [0.717, 1.165) is 25.2 Å². The zero-order valence-corrected chi connectivity index (χ0v) is 9.62. The Morgan fingerprint density at radius 2 is 2.20 bits per heavy atom. The number of amides is 1. The second-order valence-electron chi connectivity index (χ2n) is 4.93. The van der Waals surface area contributed by atoms with Crippen molar-refractivity contribution in [2.75, 3.05) is 19.6 Å². The number of carbonyl (C=O) groups excluding carboxylic acids is 1. The van der Waals surface area contributed by atoms with Crippen LogP contribution in [0.4, 0.5) is 0 Å². The minimum atomic E-state index is 0.186. The average Bonchev–Trinajstić information content (AvgIpc) is 2.59. The van der Waals surface area contributed by atoms with Gasteiger partial charge in [0.25, 0.3) is 0 Å². The van der Waals surface area contributed by atoms with E-state index >= 15 is 0 Å². The van der Waals surface area contributed by atoms with E-state index in [1.807, 2.05) is 18.7 Å². The number of nitrogens with zero attached hydrogens (tertiary/aromatic N) is 1. The van der Waals surface area contributed by atoms with Gasteiger partial charge in [0, 0.05) is 25.2 Å². The summed E-state index contributed by atoms with van der Waals surface area (Å²) in [6.45, 7) is 6.90. The van der Waals surface area contributed by atoms with Crippen molar-refractivity contribution in [3.8, 4) is 0 Å². The molecule has 0 saturated carbocycles. The molecule has 2 fully saturated rings. The number of fused-ring (bicyclic) bond motifs is 1. The summed E-state index contributed by atoms with van der Waals surface area (Å²) in [5, 5.41) is 3.50. The van der Waals surface area contributed by atoms with Gasteiger partial charge in [-0.1, -0.05) is 5.57 Å². The summed E-state index contributed by atoms with van der Waals surface area (Å²) >= 11 is 0. The fourth-order valence-corrected chi connectivity index (χ4v) is 2.56. The first-order valence-electron chi connectivity index (χ1n) is 5.84. The highest BCUT2D eigenvalue weighted by atomic mass is 16.2. The van der Waals surface area contributed by atoms with Gasteiger partial charge in [-0.15, -0.1) is 0 Å². The zero-order valence-electron chi connectivity index (χ0n) is 9.62. The van der Waals surface area contributed by atoms with E-state index in [4.69, 9.17) is 0 Å². The lowest BCUT2D eigenvalue weighted by molar-refractivity contribution is -0.125. The van der Waals surface area contributed by atoms with Crippen LogP contribution in [0.2, 0.25) is 0 Å². The minimum absolute atomic E-state index is 0.186. The van der Waals surface area contributed by atoms with Crippen LogP contribution in [-0.4, -0.2) is 36.5 Å². The Hall–Kier alpha value is -0.830. The summed E-state index contributed by atoms with van der Waals surface area (Å²) in [5.41, 5.74) is 1.09. The van der Waals surface area contributed by atoms with Crippen molar-refractivity contribution in [2.45, 2.75) is 32.7 Å². The Balaban J connectivity index is 1.96. The summed E-state index contributed by atoms with van der Waals surface area (Å²) in [7, 11) is 0. The highest BCUT2D eigenvalue weighted by Crippen LogP contribution is 2.24. The molecule has 0 aromatic rings. The van der Waals surface area contributed by atoms with Crippen molar-refractivity contribution < 1.29 is 4.79 Å². The average molecular weight is 208 g/mol. The summed E-state index contributed by atoms with van der Waals surface area (Å²) < 4.78 is 0. The van der Waals surface area contributed by atoms with E-state index in [1.54, 1.807) is 6.08 Å². The standard InChI is InChI=1S/C12H20N2O/c1-9(2)6-12(15)14-7-10-4-3-5-13-11(10)8-14/h6,10-11,13H,3-5,7-8H2,1-2H3. The molecule has 0 spiro atoms. The molecule has 0 radical (unpaired) electrons. The predicted octanol–water partition coefficient (Wildman–Crippen LogP) is 1.16. The smallest absolute Gasteiger partial charge is 0.246 e. The molecule has 84 valence electrons. The molecule has 15 heavy (non-hydrogen) atoms. The van der Waals surface area contributed by atoms with Crippen molar-refractivity contribution in [3.63, 3.8) is 0 Å². The fraction of sp³-hybridized carbons (Fsp3) is 0.750. The molecule has 2 rings (SSSR count). The molecule has 2 aliphatic rings. The molecule has 3 heteroatoms. The first-order chi connectivity index (χ1) is 7.16. The first-order valence-corrected chi connectivity index (χ1v) is 5.84. The van der Waals surface area contributed by atoms with Crippen molar-refractivity contribution >= 4 is 5.91 Å². The Morgan fingerprint density at radius 3 is 2.87 bits per heavy atom. The van der Waals surface area contributed by atoms with Crippen LogP contribution in [0.15, 0.2) is 11.6 Å². The highest BCUT2D eigenvalue weighted by Gasteiger charge is 2.35. The van der Waals surface area contributed by atoms with E-state index in [9.17, 15) is 4.79 Å². The van der Waals surface area contributed by atoms with E-state index < -0.39 is 0 Å². The lowest BCUT2D eigenvalue weighted by atomic mass is 9.94. The van der Waals surface area contributed by atoms with Gasteiger partial charge >= 0.3 is 0 Å². The molecule has 2 unspecified atom stereocenters. The van der Waals surface area contributed by atoms with Crippen LogP contribution < -0.4 is 5.32 Å². The quantitative estimate of drug-likeness (QED) is 0.656. The molecule has 0 aromatic heterocycles. The molecular weight excluding hydrogens is 188 g/mol. The van der Waals surface area contributed by atoms with E-state index in [2.05, 4.69) is 5.32 Å². The lowest BCUT2D eigenvalue weighted by Gasteiger charge is -2.24. The highest BCUT2D eigenvalue weighted by molar-refractivity contribution is 5.88. The summed E-state index contributed by atoms with van der Waals surface area (Å²) in [6, 6.07) is 0.549. The van der Waals surface area contributed by atoms with Crippen molar-refractivity contribution in [1.82, 2.24) is 10.2 Å². The van der Waals surface area contributed by atoms with Gasteiger partial charge in [-0.05, 0) is 39.2 Å². The molecular formula is C12H20N2O. The number of hydrogen-bond donors (Lipinski definition) is 1. The van der Waals surface area contributed by atoms with Crippen LogP contribution in [-0.2, 0) is 4.79 Å². The topological polar surface area (TPSA) is 32.3 Å². The number of rotatable bonds is 1. The van der Waals surface area contributed by atoms with Gasteiger partial charge < -0.3 is 10.2 Å². The maximum Gasteiger partial charge on any atom is 0.246 e. The third-order valence-electron chi connectivity index (χ3n) is 3.32. The Labute approximate surface area is 91.5 Å². The van der Waals surface area contributed by atoms with Crippen LogP contribution in [0.5, 0.6) is 0 Å². The molecule has 1 N–H and O–H groups in total. The van der Waals surface area contributed by atoms with E-state index in [1.165, 1.54) is 12.8 Å². The third-order valence-corrected chi connectivity index (χ3v) is 3.32. The fourth-order valence-electron chi connectivity index (χ4n) is 2.56. The molecule has 3 nitrogen and oxygen atoms in total. The predicted molar refractivity (Wildman–Crippen MR) is 60.5 cm³/mol. The van der Waals surface area contributed by atoms with Gasteiger partial charge in [-0.2, -0.15) is 0 Å². The Kier molecular flexibility index (Phi) is 3.10. The molecule has 2 atom stereocenters. The molecule has 0 aliphatic carbocycles. The maximum absolute atomic E-state index is 11.8. The van der Waals surface area contributed by atoms with Crippen LogP contribution in [0.25, 0.3) is 0 Å². The van der Waals surface area contributed by atoms with E-state index in [-0.39, 0.29) is 5.91 Å². The molecule has 0 bridgehead atoms. The number of nitrogens with one attached hydrogen (secondary N) is 1. The van der Waals surface area contributed by atoms with Crippen LogP contribution >= 0.6 is 0 Å². The van der Waals surface area contributed by atoms with Gasteiger partial charge in [-0.3, -0.25) is 4.79 Å². The third kappa shape index (κ3) is 2.40. The number of allylic oxidation sites excluding steroid dienone is 1. The Morgan fingerprint density at radius 1 is 1.40 bits per heavy atom. The minimum Gasteiger partial charge on any atom is -0.337 e. The maximum atomic E-state index is 11.8. The number of hydrogen-bond acceptors (Lipinski definition) is 2. The van der Waals surface area contributed by atoms with Gasteiger partial charge in [0.2, 0.25) is 5.91 Å². The molecule has 0 aromatic carbocycles. The summed E-state index contributed by atoms with van der Waals surface area (Å²) in [4.78, 5) is 13.8. The number of piperidine rings is 1. The van der Waals surface area contributed by atoms with Gasteiger partial charge in [-0.25, -0.2) is 0 Å². The summed E-state index contributed by atoms with van der Waals surface area (Å²) in [6.07, 6.45) is 4.28. The monoisotopic (exact) mass is 208 g/mol. The van der Waals surface area contributed by atoms with Crippen LogP contribution in [0.3, 0.4) is 0 Å². The lowest BCUT2D eigenvalue weighted by Crippen LogP contribution is -2.40. The Bertz CT molecular complexity index is 267. The SMILES string of the molecule is CC(C)=CC(=O)N1CC2CCCNC2C1. The second-order valence-corrected chi connectivity index (χ2v) is 4.93. The van der Waals surface area contributed by atoms with Crippen LogP contribution in [0, 0.1) is 5.92 Å².